The first-order chi connectivity index (χ1) is 14.6. The highest BCUT2D eigenvalue weighted by Gasteiger charge is 2.18. The maximum atomic E-state index is 9.65. The smallest absolute Gasteiger partial charge is 0.180 e. The predicted molar refractivity (Wildman–Crippen MR) is 123 cm³/mol. The van der Waals surface area contributed by atoms with Crippen molar-refractivity contribution in [2.75, 3.05) is 12.3 Å². The molecule has 0 aliphatic rings. The van der Waals surface area contributed by atoms with Gasteiger partial charge in [-0.3, -0.25) is 0 Å². The molecule has 0 aliphatic heterocycles. The Bertz CT molecular complexity index is 1100. The first-order valence-electron chi connectivity index (χ1n) is 9.94. The highest BCUT2D eigenvalue weighted by atomic mass is 32.1. The van der Waals surface area contributed by atoms with Crippen LogP contribution in [0.25, 0.3) is 11.1 Å². The van der Waals surface area contributed by atoms with Gasteiger partial charge in [0.1, 0.15) is 11.5 Å². The van der Waals surface area contributed by atoms with Crippen molar-refractivity contribution in [1.29, 1.82) is 0 Å². The summed E-state index contributed by atoms with van der Waals surface area (Å²) < 4.78 is 5.62. The Morgan fingerprint density at radius 3 is 2.43 bits per heavy atom. The molecule has 4 aromatic rings. The Hall–Kier alpha value is -3.31. The van der Waals surface area contributed by atoms with E-state index in [4.69, 9.17) is 10.5 Å². The molecule has 152 valence electrons. The minimum absolute atomic E-state index is 0.0753. The summed E-state index contributed by atoms with van der Waals surface area (Å²) in [7, 11) is 0. The van der Waals surface area contributed by atoms with Crippen LogP contribution in [-0.4, -0.2) is 16.7 Å². The zero-order valence-corrected chi connectivity index (χ0v) is 17.6. The summed E-state index contributed by atoms with van der Waals surface area (Å²) in [6.45, 7) is 2.64. The van der Waals surface area contributed by atoms with Crippen molar-refractivity contribution >= 4 is 16.5 Å². The fraction of sp³-hybridized carbons (Fsp3) is 0.160. The van der Waals surface area contributed by atoms with Gasteiger partial charge < -0.3 is 15.6 Å². The molecule has 4 nitrogen and oxygen atoms in total. The third-order valence-corrected chi connectivity index (χ3v) is 5.76. The monoisotopic (exact) mass is 416 g/mol. The van der Waals surface area contributed by atoms with Crippen LogP contribution in [0.2, 0.25) is 0 Å². The van der Waals surface area contributed by atoms with Gasteiger partial charge in [0.25, 0.3) is 0 Å². The number of nitrogens with two attached hydrogens (primary N) is 1. The van der Waals surface area contributed by atoms with Crippen LogP contribution in [0.4, 0.5) is 5.13 Å². The highest BCUT2D eigenvalue weighted by Crippen LogP contribution is 2.32. The molecule has 0 aliphatic carbocycles. The van der Waals surface area contributed by atoms with E-state index in [2.05, 4.69) is 41.4 Å². The van der Waals surface area contributed by atoms with E-state index in [0.717, 1.165) is 34.6 Å². The average Bonchev–Trinajstić information content (AvgIpc) is 3.20. The van der Waals surface area contributed by atoms with Crippen LogP contribution in [0.1, 0.15) is 29.7 Å². The fourth-order valence-corrected chi connectivity index (χ4v) is 4.18. The van der Waals surface area contributed by atoms with Crippen LogP contribution < -0.4 is 10.5 Å². The number of anilines is 1. The zero-order chi connectivity index (χ0) is 20.9. The summed E-state index contributed by atoms with van der Waals surface area (Å²) in [6.07, 6.45) is 0.799. The SMILES string of the molecule is CCOc1cccc(-c2ccc(C[C@@H](c3ccc(O)cc3)c3csc(N)n3)cc2)c1. The molecule has 1 heterocycles. The lowest BCUT2D eigenvalue weighted by atomic mass is 9.89. The number of benzene rings is 3. The van der Waals surface area contributed by atoms with Gasteiger partial charge in [-0.2, -0.15) is 0 Å². The number of phenolic OH excluding ortho intramolecular Hbond substituents is 1. The Morgan fingerprint density at radius 1 is 1.00 bits per heavy atom. The second-order valence-corrected chi connectivity index (χ2v) is 8.01. The number of rotatable bonds is 7. The van der Waals surface area contributed by atoms with Crippen LogP contribution >= 0.6 is 11.3 Å². The summed E-state index contributed by atoms with van der Waals surface area (Å²) in [4.78, 5) is 4.52. The third-order valence-electron chi connectivity index (χ3n) is 5.06. The van der Waals surface area contributed by atoms with E-state index in [-0.39, 0.29) is 11.7 Å². The summed E-state index contributed by atoms with van der Waals surface area (Å²) in [5, 5.41) is 12.2. The second-order valence-electron chi connectivity index (χ2n) is 7.12. The van der Waals surface area contributed by atoms with E-state index in [1.54, 1.807) is 12.1 Å². The zero-order valence-electron chi connectivity index (χ0n) is 16.8. The lowest BCUT2D eigenvalue weighted by Gasteiger charge is -2.16. The molecular formula is C25H24N2O2S. The van der Waals surface area contributed by atoms with Gasteiger partial charge in [-0.1, -0.05) is 48.5 Å². The van der Waals surface area contributed by atoms with Gasteiger partial charge in [-0.25, -0.2) is 4.98 Å². The number of hydrogen-bond acceptors (Lipinski definition) is 5. The van der Waals surface area contributed by atoms with E-state index < -0.39 is 0 Å². The Labute approximate surface area is 180 Å². The summed E-state index contributed by atoms with van der Waals surface area (Å²) in [5.41, 5.74) is 11.4. The lowest BCUT2D eigenvalue weighted by molar-refractivity contribution is 0.340. The van der Waals surface area contributed by atoms with Crippen LogP contribution in [0.3, 0.4) is 0 Å². The molecule has 0 saturated carbocycles. The topological polar surface area (TPSA) is 68.4 Å². The molecule has 0 radical (unpaired) electrons. The predicted octanol–water partition coefficient (Wildman–Crippen LogP) is 5.87. The van der Waals surface area contributed by atoms with Crippen molar-refractivity contribution in [3.05, 3.63) is 95.0 Å². The summed E-state index contributed by atoms with van der Waals surface area (Å²) in [5.74, 6) is 1.22. The van der Waals surface area contributed by atoms with Gasteiger partial charge in [0, 0.05) is 11.3 Å². The van der Waals surface area contributed by atoms with Crippen LogP contribution in [-0.2, 0) is 6.42 Å². The lowest BCUT2D eigenvalue weighted by Crippen LogP contribution is -2.06. The van der Waals surface area contributed by atoms with Crippen molar-refractivity contribution in [2.24, 2.45) is 0 Å². The molecule has 1 atom stereocenters. The average molecular weight is 417 g/mol. The minimum atomic E-state index is 0.0753. The fourth-order valence-electron chi connectivity index (χ4n) is 3.56. The Balaban J connectivity index is 1.59. The van der Waals surface area contributed by atoms with Gasteiger partial charge in [-0.15, -0.1) is 11.3 Å². The molecule has 0 bridgehead atoms. The second kappa shape index (κ2) is 9.01. The van der Waals surface area contributed by atoms with E-state index >= 15 is 0 Å². The number of aromatic nitrogens is 1. The molecule has 3 aromatic carbocycles. The van der Waals surface area contributed by atoms with E-state index in [0.29, 0.717) is 11.7 Å². The van der Waals surface area contributed by atoms with Crippen molar-refractivity contribution < 1.29 is 9.84 Å². The maximum absolute atomic E-state index is 9.65. The number of ether oxygens (including phenoxy) is 1. The summed E-state index contributed by atoms with van der Waals surface area (Å²) >= 11 is 1.45. The molecule has 5 heteroatoms. The standard InChI is InChI=1S/C25H24N2O2S/c1-2-29-22-5-3-4-20(15-22)18-8-6-17(7-9-18)14-23(24-16-30-25(26)27-24)19-10-12-21(28)13-11-19/h3-13,15-16,23,28H,2,14H2,1H3,(H2,26,27)/t23-/m0/s1. The molecule has 0 amide bonds. The first-order valence-corrected chi connectivity index (χ1v) is 10.8. The van der Waals surface area contributed by atoms with Crippen molar-refractivity contribution in [3.63, 3.8) is 0 Å². The van der Waals surface area contributed by atoms with E-state index in [9.17, 15) is 5.11 Å². The van der Waals surface area contributed by atoms with Crippen molar-refractivity contribution in [2.45, 2.75) is 19.3 Å². The minimum Gasteiger partial charge on any atom is -0.508 e. The number of nitrogens with zero attached hydrogens (tertiary/aromatic N) is 1. The Kier molecular flexibility index (Phi) is 6.00. The molecule has 30 heavy (non-hydrogen) atoms. The largest absolute Gasteiger partial charge is 0.508 e. The third kappa shape index (κ3) is 4.63. The number of hydrogen-bond donors (Lipinski definition) is 2. The van der Waals surface area contributed by atoms with E-state index in [1.165, 1.54) is 16.9 Å². The van der Waals surface area contributed by atoms with Gasteiger partial charge in [0.15, 0.2) is 5.13 Å². The molecule has 3 N–H and O–H groups in total. The van der Waals surface area contributed by atoms with Gasteiger partial charge in [-0.05, 0) is 59.9 Å². The van der Waals surface area contributed by atoms with Gasteiger partial charge in [0.2, 0.25) is 0 Å². The number of phenols is 1. The van der Waals surface area contributed by atoms with Gasteiger partial charge in [0.05, 0.1) is 12.3 Å². The van der Waals surface area contributed by atoms with Crippen LogP contribution in [0.15, 0.2) is 78.2 Å². The van der Waals surface area contributed by atoms with Crippen molar-refractivity contribution in [3.8, 4) is 22.6 Å². The molecule has 1 aromatic heterocycles. The first kappa shape index (κ1) is 20.0. The quantitative estimate of drug-likeness (QED) is 0.395. The Morgan fingerprint density at radius 2 is 1.77 bits per heavy atom. The molecule has 0 unspecified atom stereocenters. The van der Waals surface area contributed by atoms with Crippen LogP contribution in [0, 0.1) is 0 Å². The molecule has 4 rings (SSSR count). The highest BCUT2D eigenvalue weighted by molar-refractivity contribution is 7.13. The van der Waals surface area contributed by atoms with Gasteiger partial charge >= 0.3 is 0 Å². The van der Waals surface area contributed by atoms with Crippen molar-refractivity contribution in [1.82, 2.24) is 4.98 Å². The molecule has 0 spiro atoms. The number of nitrogen functional groups attached to an aromatic ring is 1. The molecular weight excluding hydrogens is 392 g/mol. The molecule has 0 saturated heterocycles. The number of aromatic hydroxyl groups is 1. The summed E-state index contributed by atoms with van der Waals surface area (Å²) in [6, 6.07) is 24.1. The van der Waals surface area contributed by atoms with E-state index in [1.807, 2.05) is 36.6 Å². The van der Waals surface area contributed by atoms with Crippen LogP contribution in [0.5, 0.6) is 11.5 Å². The maximum Gasteiger partial charge on any atom is 0.180 e. The number of thiazole rings is 1. The normalized spacial score (nSPS) is 11.9. The molecule has 0 fully saturated rings.